The summed E-state index contributed by atoms with van der Waals surface area (Å²) in [5.41, 5.74) is 1.16. The first kappa shape index (κ1) is 14.7. The lowest BCUT2D eigenvalue weighted by Gasteiger charge is -2.12. The van der Waals surface area contributed by atoms with E-state index >= 15 is 0 Å². The first-order valence-electron chi connectivity index (χ1n) is 6.24. The molecule has 0 amide bonds. The average molecular weight is 265 g/mol. The SMILES string of the molecule is CCCOc1ccc(CCN=C=S)cc1OCC. The van der Waals surface area contributed by atoms with Gasteiger partial charge in [-0.2, -0.15) is 0 Å². The Hall–Kier alpha value is -1.38. The summed E-state index contributed by atoms with van der Waals surface area (Å²) in [6.07, 6.45) is 1.81. The Morgan fingerprint density at radius 1 is 1.22 bits per heavy atom. The summed E-state index contributed by atoms with van der Waals surface area (Å²) >= 11 is 4.54. The van der Waals surface area contributed by atoms with E-state index in [9.17, 15) is 0 Å². The van der Waals surface area contributed by atoms with Crippen LogP contribution in [0.1, 0.15) is 25.8 Å². The maximum Gasteiger partial charge on any atom is 0.161 e. The molecule has 0 aromatic heterocycles. The fourth-order valence-electron chi connectivity index (χ4n) is 1.54. The van der Waals surface area contributed by atoms with Crippen LogP contribution >= 0.6 is 12.2 Å². The lowest BCUT2D eigenvalue weighted by molar-refractivity contribution is 0.276. The minimum Gasteiger partial charge on any atom is -0.490 e. The van der Waals surface area contributed by atoms with E-state index in [0.29, 0.717) is 19.8 Å². The van der Waals surface area contributed by atoms with Gasteiger partial charge in [0.15, 0.2) is 11.5 Å². The number of isothiocyanates is 1. The molecule has 0 spiro atoms. The summed E-state index contributed by atoms with van der Waals surface area (Å²) in [5, 5.41) is 2.37. The van der Waals surface area contributed by atoms with Crippen LogP contribution in [0.25, 0.3) is 0 Å². The highest BCUT2D eigenvalue weighted by atomic mass is 32.1. The van der Waals surface area contributed by atoms with Gasteiger partial charge in [0.05, 0.1) is 24.9 Å². The molecule has 0 radical (unpaired) electrons. The van der Waals surface area contributed by atoms with Crippen molar-refractivity contribution in [3.63, 3.8) is 0 Å². The average Bonchev–Trinajstić information content (AvgIpc) is 2.38. The molecule has 1 rings (SSSR count). The molecule has 0 fully saturated rings. The summed E-state index contributed by atoms with van der Waals surface area (Å²) < 4.78 is 11.2. The molecule has 0 atom stereocenters. The monoisotopic (exact) mass is 265 g/mol. The molecule has 0 saturated heterocycles. The van der Waals surface area contributed by atoms with E-state index < -0.39 is 0 Å². The molecule has 0 aliphatic carbocycles. The fourth-order valence-corrected chi connectivity index (χ4v) is 1.63. The lowest BCUT2D eigenvalue weighted by atomic mass is 10.1. The quantitative estimate of drug-likeness (QED) is 0.532. The second kappa shape index (κ2) is 8.67. The van der Waals surface area contributed by atoms with Crippen molar-refractivity contribution in [3.05, 3.63) is 23.8 Å². The molecule has 0 saturated carbocycles. The number of ether oxygens (including phenoxy) is 2. The van der Waals surface area contributed by atoms with Gasteiger partial charge in [0, 0.05) is 0 Å². The van der Waals surface area contributed by atoms with Crippen LogP contribution < -0.4 is 9.47 Å². The molecule has 1 aromatic carbocycles. The minimum atomic E-state index is 0.629. The Kier molecular flexibility index (Phi) is 7.07. The molecule has 0 unspecified atom stereocenters. The van der Waals surface area contributed by atoms with Gasteiger partial charge in [0.2, 0.25) is 0 Å². The third-order valence-electron chi connectivity index (χ3n) is 2.35. The van der Waals surface area contributed by atoms with Gasteiger partial charge >= 0.3 is 0 Å². The molecular formula is C14H19NO2S. The smallest absolute Gasteiger partial charge is 0.161 e. The van der Waals surface area contributed by atoms with E-state index in [4.69, 9.17) is 9.47 Å². The van der Waals surface area contributed by atoms with Gasteiger partial charge < -0.3 is 9.47 Å². The topological polar surface area (TPSA) is 30.8 Å². The number of benzene rings is 1. The van der Waals surface area contributed by atoms with E-state index in [1.165, 1.54) is 0 Å². The standard InChI is InChI=1S/C14H19NO2S/c1-3-9-17-13-6-5-12(7-8-15-11-18)10-14(13)16-4-2/h5-6,10H,3-4,7-9H2,1-2H3. The molecule has 0 N–H and O–H groups in total. The van der Waals surface area contributed by atoms with Gasteiger partial charge in [-0.15, -0.1) is 0 Å². The maximum absolute atomic E-state index is 5.64. The predicted octanol–water partition coefficient (Wildman–Crippen LogP) is 3.52. The molecule has 18 heavy (non-hydrogen) atoms. The van der Waals surface area contributed by atoms with Gasteiger partial charge in [-0.05, 0) is 49.7 Å². The highest BCUT2D eigenvalue weighted by Crippen LogP contribution is 2.28. The van der Waals surface area contributed by atoms with Gasteiger partial charge in [-0.1, -0.05) is 13.0 Å². The number of aliphatic imine (C=N–C) groups is 1. The second-order valence-electron chi connectivity index (χ2n) is 3.79. The zero-order valence-corrected chi connectivity index (χ0v) is 11.8. The van der Waals surface area contributed by atoms with Crippen LogP contribution in [0.15, 0.2) is 23.2 Å². The zero-order valence-electron chi connectivity index (χ0n) is 10.9. The van der Waals surface area contributed by atoms with Gasteiger partial charge in [0.25, 0.3) is 0 Å². The van der Waals surface area contributed by atoms with Crippen molar-refractivity contribution >= 4 is 17.4 Å². The second-order valence-corrected chi connectivity index (χ2v) is 3.97. The fraction of sp³-hybridized carbons (Fsp3) is 0.500. The van der Waals surface area contributed by atoms with E-state index in [2.05, 4.69) is 29.3 Å². The molecular weight excluding hydrogens is 246 g/mol. The van der Waals surface area contributed by atoms with Crippen molar-refractivity contribution < 1.29 is 9.47 Å². The van der Waals surface area contributed by atoms with Crippen molar-refractivity contribution in [2.45, 2.75) is 26.7 Å². The van der Waals surface area contributed by atoms with E-state index in [1.807, 2.05) is 25.1 Å². The first-order valence-corrected chi connectivity index (χ1v) is 6.64. The Morgan fingerprint density at radius 3 is 2.72 bits per heavy atom. The Morgan fingerprint density at radius 2 is 2.06 bits per heavy atom. The molecule has 1 aromatic rings. The summed E-state index contributed by atoms with van der Waals surface area (Å²) in [5.74, 6) is 1.61. The van der Waals surface area contributed by atoms with Crippen molar-refractivity contribution in [3.8, 4) is 11.5 Å². The Labute approximate surface area is 114 Å². The van der Waals surface area contributed by atoms with Crippen LogP contribution in [0.5, 0.6) is 11.5 Å². The zero-order chi connectivity index (χ0) is 13.2. The van der Waals surface area contributed by atoms with Crippen LogP contribution in [-0.2, 0) is 6.42 Å². The summed E-state index contributed by atoms with van der Waals surface area (Å²) in [4.78, 5) is 3.91. The van der Waals surface area contributed by atoms with Gasteiger partial charge in [-0.3, -0.25) is 0 Å². The summed E-state index contributed by atoms with van der Waals surface area (Å²) in [7, 11) is 0. The van der Waals surface area contributed by atoms with E-state index in [-0.39, 0.29) is 0 Å². The molecule has 0 heterocycles. The molecule has 0 bridgehead atoms. The highest BCUT2D eigenvalue weighted by Gasteiger charge is 2.06. The van der Waals surface area contributed by atoms with Crippen LogP contribution in [0.2, 0.25) is 0 Å². The molecule has 0 aliphatic heterocycles. The third-order valence-corrected chi connectivity index (χ3v) is 2.48. The number of hydrogen-bond donors (Lipinski definition) is 0. The van der Waals surface area contributed by atoms with E-state index in [1.54, 1.807) is 0 Å². The largest absolute Gasteiger partial charge is 0.490 e. The minimum absolute atomic E-state index is 0.629. The molecule has 4 heteroatoms. The number of rotatable bonds is 8. The Balaban J connectivity index is 2.77. The maximum atomic E-state index is 5.64. The summed E-state index contributed by atoms with van der Waals surface area (Å²) in [6, 6.07) is 6.00. The highest BCUT2D eigenvalue weighted by molar-refractivity contribution is 7.78. The first-order chi connectivity index (χ1) is 8.81. The number of nitrogens with zero attached hydrogens (tertiary/aromatic N) is 1. The third kappa shape index (κ3) is 4.86. The number of hydrogen-bond acceptors (Lipinski definition) is 4. The van der Waals surface area contributed by atoms with Crippen LogP contribution in [0, 0.1) is 0 Å². The Bertz CT molecular complexity index is 414. The van der Waals surface area contributed by atoms with Gasteiger partial charge in [0.1, 0.15) is 0 Å². The predicted molar refractivity (Wildman–Crippen MR) is 77.0 cm³/mol. The molecule has 98 valence electrons. The van der Waals surface area contributed by atoms with Crippen molar-refractivity contribution in [2.75, 3.05) is 19.8 Å². The van der Waals surface area contributed by atoms with Crippen molar-refractivity contribution in [1.29, 1.82) is 0 Å². The van der Waals surface area contributed by atoms with Crippen LogP contribution in [0.3, 0.4) is 0 Å². The lowest BCUT2D eigenvalue weighted by Crippen LogP contribution is -2.01. The summed E-state index contributed by atoms with van der Waals surface area (Å²) in [6.45, 7) is 6.04. The van der Waals surface area contributed by atoms with E-state index in [0.717, 1.165) is 29.9 Å². The normalized spacial score (nSPS) is 9.67. The van der Waals surface area contributed by atoms with Crippen molar-refractivity contribution in [1.82, 2.24) is 0 Å². The molecule has 0 aliphatic rings. The van der Waals surface area contributed by atoms with Crippen molar-refractivity contribution in [2.24, 2.45) is 4.99 Å². The molecule has 3 nitrogen and oxygen atoms in total. The van der Waals surface area contributed by atoms with Crippen LogP contribution in [-0.4, -0.2) is 24.9 Å². The number of thiocarbonyl (C=S) groups is 1. The van der Waals surface area contributed by atoms with Crippen LogP contribution in [0.4, 0.5) is 0 Å². The van der Waals surface area contributed by atoms with Gasteiger partial charge in [-0.25, -0.2) is 4.99 Å².